The summed E-state index contributed by atoms with van der Waals surface area (Å²) in [4.78, 5) is 4.48. The normalized spacial score (nSPS) is 22.0. The first-order valence-corrected chi connectivity index (χ1v) is 8.42. The maximum absolute atomic E-state index is 4.48. The van der Waals surface area contributed by atoms with Crippen LogP contribution in [0.5, 0.6) is 0 Å². The van der Waals surface area contributed by atoms with Crippen LogP contribution in [-0.4, -0.2) is 18.1 Å². The van der Waals surface area contributed by atoms with Crippen LogP contribution in [0.2, 0.25) is 0 Å². The van der Waals surface area contributed by atoms with Crippen LogP contribution in [0, 0.1) is 11.8 Å². The molecule has 112 valence electrons. The molecule has 0 bridgehead atoms. The van der Waals surface area contributed by atoms with Gasteiger partial charge in [0.05, 0.1) is 5.52 Å². The Kier molecular flexibility index (Phi) is 4.87. The van der Waals surface area contributed by atoms with Gasteiger partial charge in [0.15, 0.2) is 0 Å². The van der Waals surface area contributed by atoms with Gasteiger partial charge in [-0.2, -0.15) is 0 Å². The number of pyridine rings is 1. The number of nitrogens with one attached hydrogen (secondary N) is 1. The number of nitrogens with zero attached hydrogens (tertiary/aromatic N) is 1. The van der Waals surface area contributed by atoms with Gasteiger partial charge in [0.1, 0.15) is 0 Å². The van der Waals surface area contributed by atoms with Gasteiger partial charge in [-0.25, -0.2) is 0 Å². The minimum Gasteiger partial charge on any atom is -0.316 e. The number of para-hydroxylation sites is 1. The van der Waals surface area contributed by atoms with Gasteiger partial charge in [-0.15, -0.1) is 0 Å². The lowest BCUT2D eigenvalue weighted by Crippen LogP contribution is -2.26. The number of benzene rings is 1. The second kappa shape index (κ2) is 7.04. The van der Waals surface area contributed by atoms with E-state index in [1.54, 1.807) is 0 Å². The zero-order valence-electron chi connectivity index (χ0n) is 13.0. The predicted octanol–water partition coefficient (Wildman–Crippen LogP) is 4.19. The SMILES string of the molecule is CCCNCC1CCCC1Cc1ccnc2ccccc12. The standard InChI is InChI=1S/C19H26N2/c1-2-11-20-14-17-7-5-6-15(17)13-16-10-12-21-19-9-4-3-8-18(16)19/h3-4,8-10,12,15,17,20H,2,5-7,11,13-14H2,1H3. The Morgan fingerprint density at radius 2 is 2.00 bits per heavy atom. The van der Waals surface area contributed by atoms with E-state index in [1.165, 1.54) is 49.6 Å². The van der Waals surface area contributed by atoms with Crippen molar-refractivity contribution in [1.82, 2.24) is 10.3 Å². The lowest BCUT2D eigenvalue weighted by Gasteiger charge is -2.20. The highest BCUT2D eigenvalue weighted by Gasteiger charge is 2.27. The van der Waals surface area contributed by atoms with E-state index in [9.17, 15) is 0 Å². The number of hydrogen-bond acceptors (Lipinski definition) is 2. The van der Waals surface area contributed by atoms with E-state index < -0.39 is 0 Å². The maximum Gasteiger partial charge on any atom is 0.0704 e. The summed E-state index contributed by atoms with van der Waals surface area (Å²) in [6.07, 6.45) is 8.58. The second-order valence-electron chi connectivity index (χ2n) is 6.35. The Morgan fingerprint density at radius 1 is 1.14 bits per heavy atom. The topological polar surface area (TPSA) is 24.9 Å². The second-order valence-corrected chi connectivity index (χ2v) is 6.35. The Morgan fingerprint density at radius 3 is 2.90 bits per heavy atom. The van der Waals surface area contributed by atoms with Gasteiger partial charge in [0.2, 0.25) is 0 Å². The lowest BCUT2D eigenvalue weighted by atomic mass is 9.88. The predicted molar refractivity (Wildman–Crippen MR) is 89.4 cm³/mol. The fraction of sp³-hybridized carbons (Fsp3) is 0.526. The largest absolute Gasteiger partial charge is 0.316 e. The van der Waals surface area contributed by atoms with E-state index >= 15 is 0 Å². The van der Waals surface area contributed by atoms with E-state index in [4.69, 9.17) is 0 Å². The molecule has 1 aromatic heterocycles. The van der Waals surface area contributed by atoms with Crippen molar-refractivity contribution in [3.8, 4) is 0 Å². The van der Waals surface area contributed by atoms with Crippen LogP contribution in [0.4, 0.5) is 0 Å². The summed E-state index contributed by atoms with van der Waals surface area (Å²) in [5.41, 5.74) is 2.61. The molecule has 0 saturated heterocycles. The van der Waals surface area contributed by atoms with Crippen molar-refractivity contribution in [3.05, 3.63) is 42.1 Å². The van der Waals surface area contributed by atoms with E-state index in [2.05, 4.69) is 47.6 Å². The summed E-state index contributed by atoms with van der Waals surface area (Å²) >= 11 is 0. The molecule has 0 aliphatic heterocycles. The lowest BCUT2D eigenvalue weighted by molar-refractivity contribution is 0.366. The molecule has 0 radical (unpaired) electrons. The highest BCUT2D eigenvalue weighted by molar-refractivity contribution is 5.81. The van der Waals surface area contributed by atoms with Gasteiger partial charge in [-0.1, -0.05) is 31.5 Å². The van der Waals surface area contributed by atoms with E-state index in [0.29, 0.717) is 0 Å². The molecule has 1 aliphatic carbocycles. The van der Waals surface area contributed by atoms with Crippen LogP contribution in [-0.2, 0) is 6.42 Å². The fourth-order valence-corrected chi connectivity index (χ4v) is 3.73. The Labute approximate surface area is 128 Å². The van der Waals surface area contributed by atoms with Gasteiger partial charge in [0, 0.05) is 11.6 Å². The molecule has 1 saturated carbocycles. The smallest absolute Gasteiger partial charge is 0.0704 e. The maximum atomic E-state index is 4.48. The highest BCUT2D eigenvalue weighted by Crippen LogP contribution is 2.35. The quantitative estimate of drug-likeness (QED) is 0.803. The van der Waals surface area contributed by atoms with Crippen molar-refractivity contribution in [2.24, 2.45) is 11.8 Å². The Hall–Kier alpha value is -1.41. The highest BCUT2D eigenvalue weighted by atomic mass is 14.9. The molecule has 0 spiro atoms. The van der Waals surface area contributed by atoms with Crippen LogP contribution >= 0.6 is 0 Å². The summed E-state index contributed by atoms with van der Waals surface area (Å²) in [6.45, 7) is 4.59. The number of fused-ring (bicyclic) bond motifs is 1. The van der Waals surface area contributed by atoms with Crippen molar-refractivity contribution in [2.75, 3.05) is 13.1 Å². The summed E-state index contributed by atoms with van der Waals surface area (Å²) in [6, 6.07) is 10.8. The molecule has 3 rings (SSSR count). The first-order valence-electron chi connectivity index (χ1n) is 8.42. The average Bonchev–Trinajstić information content (AvgIpc) is 2.95. The molecule has 1 heterocycles. The van der Waals surface area contributed by atoms with Crippen LogP contribution in [0.15, 0.2) is 36.5 Å². The van der Waals surface area contributed by atoms with Crippen molar-refractivity contribution < 1.29 is 0 Å². The first-order chi connectivity index (χ1) is 10.4. The van der Waals surface area contributed by atoms with E-state index in [0.717, 1.165) is 23.9 Å². The summed E-state index contributed by atoms with van der Waals surface area (Å²) in [7, 11) is 0. The minimum atomic E-state index is 0.833. The molecule has 1 aliphatic rings. The molecular weight excluding hydrogens is 256 g/mol. The van der Waals surface area contributed by atoms with Crippen molar-refractivity contribution in [3.63, 3.8) is 0 Å². The third kappa shape index (κ3) is 3.44. The van der Waals surface area contributed by atoms with E-state index in [-0.39, 0.29) is 0 Å². The summed E-state index contributed by atoms with van der Waals surface area (Å²) < 4.78 is 0. The van der Waals surface area contributed by atoms with Gasteiger partial charge in [-0.3, -0.25) is 4.98 Å². The number of aromatic nitrogens is 1. The van der Waals surface area contributed by atoms with Gasteiger partial charge < -0.3 is 5.32 Å². The molecule has 1 fully saturated rings. The Bertz CT molecular complexity index is 573. The van der Waals surface area contributed by atoms with Crippen LogP contribution in [0.1, 0.15) is 38.2 Å². The molecular formula is C19H26N2. The zero-order chi connectivity index (χ0) is 14.5. The third-order valence-electron chi connectivity index (χ3n) is 4.87. The molecule has 0 amide bonds. The molecule has 2 atom stereocenters. The van der Waals surface area contributed by atoms with Crippen molar-refractivity contribution in [1.29, 1.82) is 0 Å². The molecule has 2 unspecified atom stereocenters. The molecule has 2 heteroatoms. The first kappa shape index (κ1) is 14.5. The van der Waals surface area contributed by atoms with Crippen LogP contribution < -0.4 is 5.32 Å². The van der Waals surface area contributed by atoms with E-state index in [1.807, 2.05) is 6.20 Å². The average molecular weight is 282 g/mol. The Balaban J connectivity index is 1.72. The molecule has 2 nitrogen and oxygen atoms in total. The number of hydrogen-bond donors (Lipinski definition) is 1. The monoisotopic (exact) mass is 282 g/mol. The summed E-state index contributed by atoms with van der Waals surface area (Å²) in [5, 5.41) is 4.96. The number of rotatable bonds is 6. The fourth-order valence-electron chi connectivity index (χ4n) is 3.73. The van der Waals surface area contributed by atoms with Gasteiger partial charge in [0.25, 0.3) is 0 Å². The minimum absolute atomic E-state index is 0.833. The van der Waals surface area contributed by atoms with Gasteiger partial charge in [-0.05, 0) is 68.3 Å². The molecule has 2 aromatic rings. The van der Waals surface area contributed by atoms with Crippen LogP contribution in [0.25, 0.3) is 10.9 Å². The molecule has 1 N–H and O–H groups in total. The zero-order valence-corrected chi connectivity index (χ0v) is 13.0. The molecule has 21 heavy (non-hydrogen) atoms. The van der Waals surface area contributed by atoms with Crippen molar-refractivity contribution in [2.45, 2.75) is 39.0 Å². The van der Waals surface area contributed by atoms with Gasteiger partial charge >= 0.3 is 0 Å². The summed E-state index contributed by atoms with van der Waals surface area (Å²) in [5.74, 6) is 1.68. The van der Waals surface area contributed by atoms with Crippen LogP contribution in [0.3, 0.4) is 0 Å². The van der Waals surface area contributed by atoms with Crippen molar-refractivity contribution >= 4 is 10.9 Å². The molecule has 1 aromatic carbocycles. The third-order valence-corrected chi connectivity index (χ3v) is 4.87.